The van der Waals surface area contributed by atoms with Crippen molar-refractivity contribution in [2.24, 2.45) is 5.84 Å². The summed E-state index contributed by atoms with van der Waals surface area (Å²) in [6.07, 6.45) is 2.16. The van der Waals surface area contributed by atoms with E-state index in [-0.39, 0.29) is 10.9 Å². The Labute approximate surface area is 120 Å². The highest BCUT2D eigenvalue weighted by Crippen LogP contribution is 2.24. The number of nitrogens with one attached hydrogen (secondary N) is 1. The van der Waals surface area contributed by atoms with Crippen LogP contribution in [0, 0.1) is 0 Å². The van der Waals surface area contributed by atoms with Gasteiger partial charge in [0, 0.05) is 19.6 Å². The highest BCUT2D eigenvalue weighted by Gasteiger charge is 2.29. The first-order valence-electron chi connectivity index (χ1n) is 6.69. The van der Waals surface area contributed by atoms with E-state index in [1.165, 1.54) is 4.31 Å². The molecule has 1 aromatic rings. The maximum atomic E-state index is 12.6. The molecular weight excluding hydrogens is 276 g/mol. The first-order chi connectivity index (χ1) is 9.46. The molecular formula is C13H22N4O2S. The Balaban J connectivity index is 2.21. The van der Waals surface area contributed by atoms with Crippen LogP contribution in [0.15, 0.2) is 29.2 Å². The molecule has 0 spiro atoms. The van der Waals surface area contributed by atoms with Crippen molar-refractivity contribution in [3.05, 3.63) is 24.3 Å². The van der Waals surface area contributed by atoms with Gasteiger partial charge in [-0.25, -0.2) is 8.42 Å². The second-order valence-electron chi connectivity index (χ2n) is 5.20. The van der Waals surface area contributed by atoms with Gasteiger partial charge in [0.05, 0.1) is 5.69 Å². The number of nitrogens with zero attached hydrogens (tertiary/aromatic N) is 2. The van der Waals surface area contributed by atoms with Crippen LogP contribution in [0.2, 0.25) is 0 Å². The van der Waals surface area contributed by atoms with E-state index >= 15 is 0 Å². The molecule has 1 atom stereocenters. The second-order valence-corrected chi connectivity index (χ2v) is 7.22. The number of likely N-dealkylation sites (tertiary alicyclic amines) is 1. The van der Waals surface area contributed by atoms with Gasteiger partial charge in [-0.15, -0.1) is 0 Å². The third-order valence-corrected chi connectivity index (χ3v) is 5.75. The van der Waals surface area contributed by atoms with E-state index in [1.807, 2.05) is 7.05 Å². The molecule has 3 N–H and O–H groups in total. The fraction of sp³-hybridized carbons (Fsp3) is 0.538. The van der Waals surface area contributed by atoms with E-state index in [0.29, 0.717) is 12.2 Å². The number of hydrogen-bond donors (Lipinski definition) is 2. The standard InChI is InChI=1S/C13H22N4O2S/c1-16-9-5-6-11(16)10-17(2)20(18,19)13-8-4-3-7-12(13)15-14/h3-4,7-8,11,15H,5-6,9-10,14H2,1-2H3. The van der Waals surface area contributed by atoms with Crippen molar-refractivity contribution in [3.63, 3.8) is 0 Å². The van der Waals surface area contributed by atoms with Crippen LogP contribution in [0.1, 0.15) is 12.8 Å². The highest BCUT2D eigenvalue weighted by molar-refractivity contribution is 7.89. The smallest absolute Gasteiger partial charge is 0.244 e. The zero-order valence-electron chi connectivity index (χ0n) is 11.9. The summed E-state index contributed by atoms with van der Waals surface area (Å²) in [5.74, 6) is 5.39. The number of para-hydroxylation sites is 1. The van der Waals surface area contributed by atoms with Crippen molar-refractivity contribution >= 4 is 15.7 Å². The van der Waals surface area contributed by atoms with Crippen molar-refractivity contribution in [1.29, 1.82) is 0 Å². The molecule has 1 aliphatic rings. The normalized spacial score (nSPS) is 20.5. The van der Waals surface area contributed by atoms with E-state index in [2.05, 4.69) is 10.3 Å². The largest absolute Gasteiger partial charge is 0.323 e. The third kappa shape index (κ3) is 2.95. The van der Waals surface area contributed by atoms with Gasteiger partial charge in [-0.05, 0) is 38.6 Å². The second kappa shape index (κ2) is 6.09. The van der Waals surface area contributed by atoms with Crippen molar-refractivity contribution in [2.75, 3.05) is 32.6 Å². The Hall–Kier alpha value is -1.15. The van der Waals surface area contributed by atoms with Gasteiger partial charge >= 0.3 is 0 Å². The fourth-order valence-electron chi connectivity index (χ4n) is 2.58. The minimum atomic E-state index is -3.53. The monoisotopic (exact) mass is 298 g/mol. The average molecular weight is 298 g/mol. The molecule has 0 saturated carbocycles. The van der Waals surface area contributed by atoms with Gasteiger partial charge in [-0.3, -0.25) is 5.84 Å². The van der Waals surface area contributed by atoms with Crippen LogP contribution in [0.25, 0.3) is 0 Å². The molecule has 6 nitrogen and oxygen atoms in total. The zero-order valence-corrected chi connectivity index (χ0v) is 12.7. The van der Waals surface area contributed by atoms with Gasteiger partial charge in [-0.1, -0.05) is 12.1 Å². The summed E-state index contributed by atoms with van der Waals surface area (Å²) in [6.45, 7) is 1.53. The highest BCUT2D eigenvalue weighted by atomic mass is 32.2. The van der Waals surface area contributed by atoms with Crippen molar-refractivity contribution in [2.45, 2.75) is 23.8 Å². The molecule has 7 heteroatoms. The molecule has 2 rings (SSSR count). The van der Waals surface area contributed by atoms with Crippen LogP contribution in [0.4, 0.5) is 5.69 Å². The molecule has 0 bridgehead atoms. The van der Waals surface area contributed by atoms with Crippen molar-refractivity contribution in [1.82, 2.24) is 9.21 Å². The number of nitrogen functional groups attached to an aromatic ring is 1. The lowest BCUT2D eigenvalue weighted by Gasteiger charge is -2.26. The first kappa shape index (κ1) is 15.2. The summed E-state index contributed by atoms with van der Waals surface area (Å²) in [5, 5.41) is 0. The Kier molecular flexibility index (Phi) is 4.64. The van der Waals surface area contributed by atoms with Crippen LogP contribution in [0.5, 0.6) is 0 Å². The minimum Gasteiger partial charge on any atom is -0.323 e. The van der Waals surface area contributed by atoms with Crippen molar-refractivity contribution < 1.29 is 8.42 Å². The van der Waals surface area contributed by atoms with Gasteiger partial charge in [0.1, 0.15) is 4.90 Å². The topological polar surface area (TPSA) is 78.7 Å². The van der Waals surface area contributed by atoms with E-state index in [1.54, 1.807) is 31.3 Å². The van der Waals surface area contributed by atoms with Gasteiger partial charge in [0.15, 0.2) is 0 Å². The summed E-state index contributed by atoms with van der Waals surface area (Å²) in [4.78, 5) is 2.42. The Bertz CT molecular complexity index is 561. The number of hydrogen-bond acceptors (Lipinski definition) is 5. The predicted molar refractivity (Wildman–Crippen MR) is 79.7 cm³/mol. The molecule has 20 heavy (non-hydrogen) atoms. The van der Waals surface area contributed by atoms with E-state index in [4.69, 9.17) is 5.84 Å². The summed E-state index contributed by atoms with van der Waals surface area (Å²) in [5.41, 5.74) is 2.86. The molecule has 0 aliphatic carbocycles. The van der Waals surface area contributed by atoms with Crippen LogP contribution in [-0.4, -0.2) is 50.8 Å². The maximum Gasteiger partial charge on any atom is 0.244 e. The summed E-state index contributed by atoms with van der Waals surface area (Å²) < 4.78 is 26.6. The lowest BCUT2D eigenvalue weighted by Crippen LogP contribution is -2.39. The van der Waals surface area contributed by atoms with Gasteiger partial charge in [0.2, 0.25) is 10.0 Å². The molecule has 0 radical (unpaired) electrons. The predicted octanol–water partition coefficient (Wildman–Crippen LogP) is 0.687. The third-order valence-electron chi connectivity index (χ3n) is 3.87. The number of benzene rings is 1. The molecule has 0 amide bonds. The fourth-order valence-corrected chi connectivity index (χ4v) is 3.94. The number of likely N-dealkylation sites (N-methyl/N-ethyl adjacent to an activating group) is 2. The quantitative estimate of drug-likeness (QED) is 0.617. The molecule has 1 fully saturated rings. The number of hydrazine groups is 1. The van der Waals surface area contributed by atoms with Gasteiger partial charge in [0.25, 0.3) is 0 Å². The molecule has 1 saturated heterocycles. The SMILES string of the molecule is CN1CCCC1CN(C)S(=O)(=O)c1ccccc1NN. The van der Waals surface area contributed by atoms with Crippen molar-refractivity contribution in [3.8, 4) is 0 Å². The number of sulfonamides is 1. The number of rotatable bonds is 5. The number of nitrogens with two attached hydrogens (primary N) is 1. The molecule has 1 aliphatic heterocycles. The molecule has 1 aromatic carbocycles. The van der Waals surface area contributed by atoms with Gasteiger partial charge < -0.3 is 10.3 Å². The zero-order chi connectivity index (χ0) is 14.8. The molecule has 1 unspecified atom stereocenters. The van der Waals surface area contributed by atoms with Crippen LogP contribution < -0.4 is 11.3 Å². The summed E-state index contributed by atoms with van der Waals surface area (Å²) in [6, 6.07) is 6.96. The average Bonchev–Trinajstić information content (AvgIpc) is 2.84. The van der Waals surface area contributed by atoms with Crippen LogP contribution in [0.3, 0.4) is 0 Å². The summed E-state index contributed by atoms with van der Waals surface area (Å²) >= 11 is 0. The Morgan fingerprint density at radius 3 is 2.75 bits per heavy atom. The first-order valence-corrected chi connectivity index (χ1v) is 8.13. The van der Waals surface area contributed by atoms with Gasteiger partial charge in [-0.2, -0.15) is 4.31 Å². The van der Waals surface area contributed by atoms with E-state index in [9.17, 15) is 8.42 Å². The van der Waals surface area contributed by atoms with Crippen LogP contribution in [-0.2, 0) is 10.0 Å². The van der Waals surface area contributed by atoms with E-state index in [0.717, 1.165) is 19.4 Å². The lowest BCUT2D eigenvalue weighted by molar-refractivity contribution is 0.271. The minimum absolute atomic E-state index is 0.214. The molecule has 0 aromatic heterocycles. The maximum absolute atomic E-state index is 12.6. The summed E-state index contributed by atoms with van der Waals surface area (Å²) in [7, 11) is 0.127. The molecule has 1 heterocycles. The molecule has 112 valence electrons. The van der Waals surface area contributed by atoms with E-state index < -0.39 is 10.0 Å². The lowest BCUT2D eigenvalue weighted by atomic mass is 10.2. The Morgan fingerprint density at radius 1 is 1.45 bits per heavy atom. The van der Waals surface area contributed by atoms with Crippen LogP contribution >= 0.6 is 0 Å². The number of anilines is 1. The Morgan fingerprint density at radius 2 is 2.15 bits per heavy atom.